The highest BCUT2D eigenvalue weighted by atomic mass is 16.1. The van der Waals surface area contributed by atoms with Gasteiger partial charge < -0.3 is 5.73 Å². The number of allylic oxidation sites excluding steroid dienone is 1. The fourth-order valence-electron chi connectivity index (χ4n) is 1.36. The van der Waals surface area contributed by atoms with E-state index < -0.39 is 0 Å². The highest BCUT2D eigenvalue weighted by Crippen LogP contribution is 2.00. The lowest BCUT2D eigenvalue weighted by Crippen LogP contribution is -2.24. The molecular formula is C13H22N2O. The number of hydrogen-bond acceptors (Lipinski definition) is 2. The molecule has 1 amide bonds. The minimum Gasteiger partial charge on any atom is -0.366 e. The summed E-state index contributed by atoms with van der Waals surface area (Å²) in [4.78, 5) is 13.0. The number of nitrogens with zero attached hydrogens (tertiary/aromatic N) is 1. The Morgan fingerprint density at radius 1 is 1.31 bits per heavy atom. The van der Waals surface area contributed by atoms with Crippen molar-refractivity contribution in [2.24, 2.45) is 5.73 Å². The zero-order valence-corrected chi connectivity index (χ0v) is 10.1. The lowest BCUT2D eigenvalue weighted by Gasteiger charge is -2.17. The molecule has 0 heterocycles. The summed E-state index contributed by atoms with van der Waals surface area (Å²) < 4.78 is 0. The van der Waals surface area contributed by atoms with Crippen molar-refractivity contribution >= 4 is 5.91 Å². The summed E-state index contributed by atoms with van der Waals surface area (Å²) in [6, 6.07) is 0. The van der Waals surface area contributed by atoms with Crippen molar-refractivity contribution < 1.29 is 4.79 Å². The third kappa shape index (κ3) is 7.01. The average molecular weight is 222 g/mol. The lowest BCUT2D eigenvalue weighted by atomic mass is 10.2. The molecule has 0 aliphatic carbocycles. The first-order valence-corrected chi connectivity index (χ1v) is 5.52. The zero-order chi connectivity index (χ0) is 12.4. The van der Waals surface area contributed by atoms with Gasteiger partial charge in [0.25, 0.3) is 0 Å². The van der Waals surface area contributed by atoms with E-state index in [1.165, 1.54) is 0 Å². The largest absolute Gasteiger partial charge is 0.366 e. The SMILES string of the molecule is C=CCN(CC=C)CCCC=C(C)C(N)=O. The Kier molecular flexibility index (Phi) is 8.17. The number of carbonyl (C=O) groups excluding carboxylic acids is 1. The van der Waals surface area contributed by atoms with Crippen LogP contribution in [0.15, 0.2) is 37.0 Å². The van der Waals surface area contributed by atoms with E-state index >= 15 is 0 Å². The quantitative estimate of drug-likeness (QED) is 0.368. The van der Waals surface area contributed by atoms with E-state index in [1.807, 2.05) is 18.2 Å². The van der Waals surface area contributed by atoms with Crippen LogP contribution in [0.3, 0.4) is 0 Å². The average Bonchev–Trinajstić information content (AvgIpc) is 2.24. The van der Waals surface area contributed by atoms with Gasteiger partial charge in [-0.1, -0.05) is 18.2 Å². The highest BCUT2D eigenvalue weighted by Gasteiger charge is 2.00. The van der Waals surface area contributed by atoms with Gasteiger partial charge in [-0.05, 0) is 26.3 Å². The van der Waals surface area contributed by atoms with Crippen molar-refractivity contribution in [1.82, 2.24) is 4.90 Å². The van der Waals surface area contributed by atoms with Crippen molar-refractivity contribution in [1.29, 1.82) is 0 Å². The fourth-order valence-corrected chi connectivity index (χ4v) is 1.36. The van der Waals surface area contributed by atoms with Gasteiger partial charge in [0.1, 0.15) is 0 Å². The Morgan fingerprint density at radius 3 is 2.31 bits per heavy atom. The molecular weight excluding hydrogens is 200 g/mol. The van der Waals surface area contributed by atoms with E-state index in [1.54, 1.807) is 6.92 Å². The monoisotopic (exact) mass is 222 g/mol. The van der Waals surface area contributed by atoms with Gasteiger partial charge >= 0.3 is 0 Å². The molecule has 0 aromatic rings. The Balaban J connectivity index is 3.85. The summed E-state index contributed by atoms with van der Waals surface area (Å²) in [7, 11) is 0. The van der Waals surface area contributed by atoms with Gasteiger partial charge in [-0.2, -0.15) is 0 Å². The second-order valence-electron chi connectivity index (χ2n) is 3.73. The first kappa shape index (κ1) is 14.6. The predicted molar refractivity (Wildman–Crippen MR) is 69.0 cm³/mol. The van der Waals surface area contributed by atoms with E-state index in [0.29, 0.717) is 5.57 Å². The van der Waals surface area contributed by atoms with Gasteiger partial charge in [0.05, 0.1) is 0 Å². The van der Waals surface area contributed by atoms with Gasteiger partial charge in [-0.3, -0.25) is 9.69 Å². The molecule has 0 aliphatic heterocycles. The molecule has 0 rings (SSSR count). The molecule has 2 N–H and O–H groups in total. The summed E-state index contributed by atoms with van der Waals surface area (Å²) in [5, 5.41) is 0. The van der Waals surface area contributed by atoms with Gasteiger partial charge in [-0.15, -0.1) is 13.2 Å². The summed E-state index contributed by atoms with van der Waals surface area (Å²) >= 11 is 0. The molecule has 0 bridgehead atoms. The normalized spacial score (nSPS) is 11.5. The number of amides is 1. The van der Waals surface area contributed by atoms with E-state index in [0.717, 1.165) is 32.5 Å². The van der Waals surface area contributed by atoms with E-state index in [9.17, 15) is 4.79 Å². The van der Waals surface area contributed by atoms with Crippen LogP contribution in [-0.2, 0) is 4.79 Å². The van der Waals surface area contributed by atoms with Crippen LogP contribution in [0.1, 0.15) is 19.8 Å². The molecule has 16 heavy (non-hydrogen) atoms. The smallest absolute Gasteiger partial charge is 0.244 e. The predicted octanol–water partition coefficient (Wildman–Crippen LogP) is 1.87. The summed E-state index contributed by atoms with van der Waals surface area (Å²) in [5.41, 5.74) is 5.77. The summed E-state index contributed by atoms with van der Waals surface area (Å²) in [5.74, 6) is -0.339. The molecule has 0 atom stereocenters. The maximum atomic E-state index is 10.7. The number of carbonyl (C=O) groups is 1. The number of nitrogens with two attached hydrogens (primary N) is 1. The number of unbranched alkanes of at least 4 members (excludes halogenated alkanes) is 1. The zero-order valence-electron chi connectivity index (χ0n) is 10.1. The molecule has 0 aromatic heterocycles. The number of primary amides is 1. The lowest BCUT2D eigenvalue weighted by molar-refractivity contribution is -0.114. The second kappa shape index (κ2) is 8.92. The molecule has 0 saturated carbocycles. The van der Waals surface area contributed by atoms with E-state index in [-0.39, 0.29) is 5.91 Å². The van der Waals surface area contributed by atoms with Gasteiger partial charge in [0.15, 0.2) is 0 Å². The standard InChI is InChI=1S/C13H22N2O/c1-4-9-15(10-5-2)11-7-6-8-12(3)13(14)16/h4-5,8H,1-2,6-7,9-11H2,3H3,(H2,14,16). The Hall–Kier alpha value is -1.35. The molecule has 0 aliphatic rings. The Morgan fingerprint density at radius 2 is 1.88 bits per heavy atom. The summed E-state index contributed by atoms with van der Waals surface area (Å²) in [6.07, 6.45) is 7.54. The van der Waals surface area contributed by atoms with Crippen molar-refractivity contribution in [3.63, 3.8) is 0 Å². The molecule has 3 nitrogen and oxygen atoms in total. The van der Waals surface area contributed by atoms with Crippen LogP contribution in [0.2, 0.25) is 0 Å². The minimum atomic E-state index is -0.339. The maximum Gasteiger partial charge on any atom is 0.244 e. The van der Waals surface area contributed by atoms with Gasteiger partial charge in [-0.25, -0.2) is 0 Å². The van der Waals surface area contributed by atoms with Crippen LogP contribution in [-0.4, -0.2) is 30.4 Å². The van der Waals surface area contributed by atoms with Crippen molar-refractivity contribution in [3.05, 3.63) is 37.0 Å². The highest BCUT2D eigenvalue weighted by molar-refractivity contribution is 5.91. The van der Waals surface area contributed by atoms with Crippen LogP contribution >= 0.6 is 0 Å². The number of rotatable bonds is 9. The Labute approximate surface area is 98.3 Å². The van der Waals surface area contributed by atoms with E-state index in [2.05, 4.69) is 18.1 Å². The second-order valence-corrected chi connectivity index (χ2v) is 3.73. The third-order valence-electron chi connectivity index (χ3n) is 2.29. The van der Waals surface area contributed by atoms with Crippen LogP contribution in [0.4, 0.5) is 0 Å². The third-order valence-corrected chi connectivity index (χ3v) is 2.29. The van der Waals surface area contributed by atoms with Crippen LogP contribution in [0, 0.1) is 0 Å². The Bertz CT molecular complexity index is 259. The molecule has 0 fully saturated rings. The van der Waals surface area contributed by atoms with Crippen molar-refractivity contribution in [2.45, 2.75) is 19.8 Å². The van der Waals surface area contributed by atoms with Crippen molar-refractivity contribution in [2.75, 3.05) is 19.6 Å². The molecule has 0 spiro atoms. The van der Waals surface area contributed by atoms with Crippen LogP contribution in [0.5, 0.6) is 0 Å². The first-order chi connectivity index (χ1) is 7.61. The summed E-state index contributed by atoms with van der Waals surface area (Å²) in [6.45, 7) is 11.9. The van der Waals surface area contributed by atoms with Crippen molar-refractivity contribution in [3.8, 4) is 0 Å². The first-order valence-electron chi connectivity index (χ1n) is 5.52. The van der Waals surface area contributed by atoms with E-state index in [4.69, 9.17) is 5.73 Å². The van der Waals surface area contributed by atoms with Gasteiger partial charge in [0.2, 0.25) is 5.91 Å². The minimum absolute atomic E-state index is 0.339. The molecule has 0 unspecified atom stereocenters. The molecule has 0 radical (unpaired) electrons. The number of hydrogen-bond donors (Lipinski definition) is 1. The molecule has 0 aromatic carbocycles. The molecule has 3 heteroatoms. The van der Waals surface area contributed by atoms with Crippen LogP contribution < -0.4 is 5.73 Å². The molecule has 0 saturated heterocycles. The topological polar surface area (TPSA) is 46.3 Å². The van der Waals surface area contributed by atoms with Gasteiger partial charge in [0, 0.05) is 18.7 Å². The molecule has 90 valence electrons. The maximum absolute atomic E-state index is 10.7. The van der Waals surface area contributed by atoms with Crippen LogP contribution in [0.25, 0.3) is 0 Å². The fraction of sp³-hybridized carbons (Fsp3) is 0.462.